The lowest BCUT2D eigenvalue weighted by Crippen LogP contribution is -2.05. The Labute approximate surface area is 123 Å². The summed E-state index contributed by atoms with van der Waals surface area (Å²) in [5, 5.41) is 6.20. The lowest BCUT2D eigenvalue weighted by atomic mass is 10.3. The first-order valence-electron chi connectivity index (χ1n) is 6.75. The van der Waals surface area contributed by atoms with E-state index >= 15 is 0 Å². The molecule has 1 N–H and O–H groups in total. The summed E-state index contributed by atoms with van der Waals surface area (Å²) in [4.78, 5) is 4.48. The van der Waals surface area contributed by atoms with E-state index in [1.807, 2.05) is 36.7 Å². The number of thiazole rings is 1. The van der Waals surface area contributed by atoms with Crippen LogP contribution in [-0.4, -0.2) is 18.6 Å². The molecular weight excluding hydrogens is 272 g/mol. The van der Waals surface area contributed by atoms with E-state index in [9.17, 15) is 0 Å². The van der Waals surface area contributed by atoms with Gasteiger partial charge in [0.25, 0.3) is 0 Å². The van der Waals surface area contributed by atoms with Crippen molar-refractivity contribution in [2.75, 3.05) is 13.7 Å². The van der Waals surface area contributed by atoms with Crippen LogP contribution in [0.1, 0.15) is 24.0 Å². The predicted molar refractivity (Wildman–Crippen MR) is 81.4 cm³/mol. The molecule has 0 spiro atoms. The Bertz CT molecular complexity index is 511. The first-order valence-corrected chi connectivity index (χ1v) is 7.63. The Hall–Kier alpha value is -1.59. The topological polar surface area (TPSA) is 43.4 Å². The average molecular weight is 292 g/mol. The third kappa shape index (κ3) is 4.51. The minimum Gasteiger partial charge on any atom is -0.494 e. The molecule has 1 heterocycles. The smallest absolute Gasteiger partial charge is 0.131 e. The van der Waals surface area contributed by atoms with Crippen LogP contribution < -0.4 is 14.8 Å². The van der Waals surface area contributed by atoms with Gasteiger partial charge < -0.3 is 14.8 Å². The number of hydrogen-bond acceptors (Lipinski definition) is 5. The van der Waals surface area contributed by atoms with Crippen molar-refractivity contribution in [3.05, 3.63) is 40.3 Å². The van der Waals surface area contributed by atoms with Crippen LogP contribution in [0.4, 0.5) is 0 Å². The van der Waals surface area contributed by atoms with Crippen LogP contribution in [0.3, 0.4) is 0 Å². The number of benzene rings is 1. The molecular formula is C15H20N2O2S. The second-order valence-corrected chi connectivity index (χ2v) is 5.31. The SMILES string of the molecule is CCCOc1ccc(OCc2csc(CNC)n2)cc1. The van der Waals surface area contributed by atoms with Crippen molar-refractivity contribution in [3.8, 4) is 11.5 Å². The molecule has 0 fully saturated rings. The zero-order chi connectivity index (χ0) is 14.2. The van der Waals surface area contributed by atoms with Crippen molar-refractivity contribution in [2.24, 2.45) is 0 Å². The first kappa shape index (κ1) is 14.8. The third-order valence-electron chi connectivity index (χ3n) is 2.61. The Morgan fingerprint density at radius 3 is 2.50 bits per heavy atom. The molecule has 1 aromatic heterocycles. The molecule has 0 atom stereocenters. The fraction of sp³-hybridized carbons (Fsp3) is 0.400. The maximum atomic E-state index is 5.71. The molecule has 0 aliphatic rings. The Morgan fingerprint density at radius 2 is 1.85 bits per heavy atom. The van der Waals surface area contributed by atoms with Gasteiger partial charge in [-0.05, 0) is 37.7 Å². The Morgan fingerprint density at radius 1 is 1.15 bits per heavy atom. The fourth-order valence-electron chi connectivity index (χ4n) is 1.66. The molecule has 0 aliphatic carbocycles. The summed E-state index contributed by atoms with van der Waals surface area (Å²) >= 11 is 1.65. The van der Waals surface area contributed by atoms with Crippen LogP contribution in [0.5, 0.6) is 11.5 Å². The molecule has 5 heteroatoms. The molecule has 1 aromatic carbocycles. The molecule has 0 unspecified atom stereocenters. The molecule has 0 bridgehead atoms. The average Bonchev–Trinajstić information content (AvgIpc) is 2.92. The molecule has 2 rings (SSSR count). The van der Waals surface area contributed by atoms with Crippen molar-refractivity contribution in [1.29, 1.82) is 0 Å². The number of nitrogens with one attached hydrogen (secondary N) is 1. The van der Waals surface area contributed by atoms with Crippen LogP contribution in [0.15, 0.2) is 29.6 Å². The van der Waals surface area contributed by atoms with E-state index in [1.54, 1.807) is 11.3 Å². The van der Waals surface area contributed by atoms with E-state index in [0.29, 0.717) is 6.61 Å². The van der Waals surface area contributed by atoms with Gasteiger partial charge >= 0.3 is 0 Å². The van der Waals surface area contributed by atoms with Gasteiger partial charge in [-0.3, -0.25) is 0 Å². The molecule has 0 saturated carbocycles. The molecule has 0 amide bonds. The van der Waals surface area contributed by atoms with Crippen LogP contribution >= 0.6 is 11.3 Å². The number of hydrogen-bond donors (Lipinski definition) is 1. The van der Waals surface area contributed by atoms with Crippen molar-refractivity contribution in [3.63, 3.8) is 0 Å². The van der Waals surface area contributed by atoms with Gasteiger partial charge in [0.1, 0.15) is 23.1 Å². The number of ether oxygens (including phenoxy) is 2. The van der Waals surface area contributed by atoms with Gasteiger partial charge in [-0.2, -0.15) is 0 Å². The number of aromatic nitrogens is 1. The van der Waals surface area contributed by atoms with Crippen LogP contribution in [-0.2, 0) is 13.2 Å². The highest BCUT2D eigenvalue weighted by molar-refractivity contribution is 7.09. The van der Waals surface area contributed by atoms with Gasteiger partial charge in [0.05, 0.1) is 12.3 Å². The molecule has 2 aromatic rings. The summed E-state index contributed by atoms with van der Waals surface area (Å²) in [6.07, 6.45) is 1.01. The molecule has 0 aliphatic heterocycles. The molecule has 0 saturated heterocycles. The monoisotopic (exact) mass is 292 g/mol. The quantitative estimate of drug-likeness (QED) is 0.811. The zero-order valence-corrected chi connectivity index (χ0v) is 12.7. The molecule has 4 nitrogen and oxygen atoms in total. The van der Waals surface area contributed by atoms with Crippen molar-refractivity contribution in [2.45, 2.75) is 26.5 Å². The Kier molecular flexibility index (Phi) is 5.83. The summed E-state index contributed by atoms with van der Waals surface area (Å²) in [5.41, 5.74) is 0.964. The highest BCUT2D eigenvalue weighted by Gasteiger charge is 2.02. The van der Waals surface area contributed by atoms with Crippen molar-refractivity contribution in [1.82, 2.24) is 10.3 Å². The van der Waals surface area contributed by atoms with Gasteiger partial charge in [-0.1, -0.05) is 6.92 Å². The normalized spacial score (nSPS) is 10.5. The fourth-order valence-corrected chi connectivity index (χ4v) is 2.45. The second-order valence-electron chi connectivity index (χ2n) is 4.37. The minimum atomic E-state index is 0.495. The van der Waals surface area contributed by atoms with E-state index in [2.05, 4.69) is 17.2 Å². The maximum Gasteiger partial charge on any atom is 0.131 e. The van der Waals surface area contributed by atoms with Crippen molar-refractivity contribution < 1.29 is 9.47 Å². The summed E-state index contributed by atoms with van der Waals surface area (Å²) in [7, 11) is 1.92. The van der Waals surface area contributed by atoms with Gasteiger partial charge in [0, 0.05) is 11.9 Å². The summed E-state index contributed by atoms with van der Waals surface area (Å²) in [6.45, 7) is 4.13. The van der Waals surface area contributed by atoms with E-state index in [-0.39, 0.29) is 0 Å². The van der Waals surface area contributed by atoms with Gasteiger partial charge in [0.2, 0.25) is 0 Å². The Balaban J connectivity index is 1.83. The lowest BCUT2D eigenvalue weighted by Gasteiger charge is -2.07. The largest absolute Gasteiger partial charge is 0.494 e. The molecule has 20 heavy (non-hydrogen) atoms. The van der Waals surface area contributed by atoms with Crippen LogP contribution in [0, 0.1) is 0 Å². The number of rotatable bonds is 8. The van der Waals surface area contributed by atoms with Gasteiger partial charge in [-0.25, -0.2) is 4.98 Å². The van der Waals surface area contributed by atoms with E-state index in [4.69, 9.17) is 9.47 Å². The zero-order valence-electron chi connectivity index (χ0n) is 11.9. The van der Waals surface area contributed by atoms with Gasteiger partial charge in [-0.15, -0.1) is 11.3 Å². The standard InChI is InChI=1S/C15H20N2O2S/c1-3-8-18-13-4-6-14(7-5-13)19-10-12-11-20-15(17-12)9-16-2/h4-7,11,16H,3,8-10H2,1-2H3. The summed E-state index contributed by atoms with van der Waals surface area (Å²) in [5.74, 6) is 1.71. The highest BCUT2D eigenvalue weighted by atomic mass is 32.1. The first-order chi connectivity index (χ1) is 9.81. The minimum absolute atomic E-state index is 0.495. The molecule has 0 radical (unpaired) electrons. The van der Waals surface area contributed by atoms with E-state index in [1.165, 1.54) is 0 Å². The highest BCUT2D eigenvalue weighted by Crippen LogP contribution is 2.19. The van der Waals surface area contributed by atoms with E-state index < -0.39 is 0 Å². The second kappa shape index (κ2) is 7.87. The van der Waals surface area contributed by atoms with E-state index in [0.717, 1.165) is 41.8 Å². The molecule has 108 valence electrons. The number of nitrogens with zero attached hydrogens (tertiary/aromatic N) is 1. The van der Waals surface area contributed by atoms with Gasteiger partial charge in [0.15, 0.2) is 0 Å². The summed E-state index contributed by atoms with van der Waals surface area (Å²) < 4.78 is 11.2. The van der Waals surface area contributed by atoms with Crippen molar-refractivity contribution >= 4 is 11.3 Å². The van der Waals surface area contributed by atoms with Crippen LogP contribution in [0.25, 0.3) is 0 Å². The lowest BCUT2D eigenvalue weighted by molar-refractivity contribution is 0.298. The predicted octanol–water partition coefficient (Wildman–Crippen LogP) is 3.23. The maximum absolute atomic E-state index is 5.71. The summed E-state index contributed by atoms with van der Waals surface area (Å²) in [6, 6.07) is 7.70. The third-order valence-corrected chi connectivity index (χ3v) is 3.51. The van der Waals surface area contributed by atoms with Crippen LogP contribution in [0.2, 0.25) is 0 Å².